The minimum absolute atomic E-state index is 0.0424. The van der Waals surface area contributed by atoms with Crippen LogP contribution in [-0.2, 0) is 17.8 Å². The fraction of sp³-hybridized carbons (Fsp3) is 0.143. The molecule has 0 atom stereocenters. The minimum Gasteiger partial charge on any atom is -0.484 e. The number of hydrogen-bond acceptors (Lipinski definition) is 4. The third kappa shape index (κ3) is 5.90. The van der Waals surface area contributed by atoms with E-state index in [-0.39, 0.29) is 12.5 Å². The summed E-state index contributed by atoms with van der Waals surface area (Å²) in [5.41, 5.74) is 4.09. The first-order chi connectivity index (χ1) is 17.5. The highest BCUT2D eigenvalue weighted by atomic mass is 35.5. The van der Waals surface area contributed by atoms with Crippen LogP contribution in [0.3, 0.4) is 0 Å². The number of thiazole rings is 1. The van der Waals surface area contributed by atoms with Gasteiger partial charge >= 0.3 is 0 Å². The van der Waals surface area contributed by atoms with Crippen molar-refractivity contribution < 1.29 is 9.53 Å². The van der Waals surface area contributed by atoms with Crippen molar-refractivity contribution in [1.82, 2.24) is 14.3 Å². The first kappa shape index (κ1) is 24.4. The molecule has 0 aliphatic rings. The Balaban J connectivity index is 1.30. The third-order valence-electron chi connectivity index (χ3n) is 5.81. The van der Waals surface area contributed by atoms with E-state index >= 15 is 0 Å². The van der Waals surface area contributed by atoms with Gasteiger partial charge in [0.05, 0.1) is 5.69 Å². The first-order valence-electron chi connectivity index (χ1n) is 11.5. The number of fused-ring (bicyclic) bond motifs is 1. The molecular formula is C28H23Cl2N3O2S. The fourth-order valence-electron chi connectivity index (χ4n) is 3.88. The van der Waals surface area contributed by atoms with Crippen LogP contribution in [0.4, 0.5) is 0 Å². The van der Waals surface area contributed by atoms with Crippen LogP contribution in [0, 0.1) is 0 Å². The van der Waals surface area contributed by atoms with E-state index in [9.17, 15) is 4.79 Å². The summed E-state index contributed by atoms with van der Waals surface area (Å²) in [4.78, 5) is 20.7. The number of benzene rings is 3. The molecule has 5 aromatic rings. The second-order valence-electron chi connectivity index (χ2n) is 8.31. The van der Waals surface area contributed by atoms with Gasteiger partial charge < -0.3 is 9.64 Å². The summed E-state index contributed by atoms with van der Waals surface area (Å²) in [6, 6.07) is 24.7. The van der Waals surface area contributed by atoms with E-state index in [1.165, 1.54) is 0 Å². The van der Waals surface area contributed by atoms with Crippen LogP contribution in [0.2, 0.25) is 10.0 Å². The lowest BCUT2D eigenvalue weighted by atomic mass is 10.2. The van der Waals surface area contributed by atoms with Gasteiger partial charge in [-0.2, -0.15) is 0 Å². The highest BCUT2D eigenvalue weighted by Crippen LogP contribution is 2.25. The Morgan fingerprint density at radius 3 is 2.36 bits per heavy atom. The topological polar surface area (TPSA) is 46.8 Å². The van der Waals surface area contributed by atoms with Crippen molar-refractivity contribution in [2.24, 2.45) is 0 Å². The lowest BCUT2D eigenvalue weighted by molar-refractivity contribution is -0.134. The molecular weight excluding hydrogens is 513 g/mol. The van der Waals surface area contributed by atoms with Gasteiger partial charge in [0.15, 0.2) is 11.6 Å². The molecule has 182 valence electrons. The highest BCUT2D eigenvalue weighted by molar-refractivity contribution is 7.15. The molecule has 0 aliphatic heterocycles. The normalized spacial score (nSPS) is 11.1. The number of halogens is 2. The van der Waals surface area contributed by atoms with Crippen molar-refractivity contribution in [2.75, 3.05) is 13.2 Å². The molecule has 0 fully saturated rings. The Morgan fingerprint density at radius 1 is 0.944 bits per heavy atom. The van der Waals surface area contributed by atoms with Crippen LogP contribution >= 0.6 is 34.5 Å². The molecule has 0 saturated heterocycles. The Kier molecular flexibility index (Phi) is 7.56. The lowest BCUT2D eigenvalue weighted by Crippen LogP contribution is -2.36. The Labute approximate surface area is 223 Å². The molecule has 5 rings (SSSR count). The van der Waals surface area contributed by atoms with E-state index in [1.807, 2.05) is 65.7 Å². The molecule has 1 amide bonds. The zero-order valence-corrected chi connectivity index (χ0v) is 21.6. The molecule has 0 aliphatic carbocycles. The van der Waals surface area contributed by atoms with E-state index in [1.54, 1.807) is 35.6 Å². The monoisotopic (exact) mass is 535 g/mol. The number of carbonyl (C=O) groups is 1. The standard InChI is InChI=1S/C28H23Cl2N3O2S/c29-22-8-6-21(7-9-22)26-17-33-24(19-36-28(33)31-26)14-15-32(16-20-4-2-1-3-5-20)27(34)18-35-25-12-10-23(30)11-13-25/h1-13,17,19H,14-16,18H2. The summed E-state index contributed by atoms with van der Waals surface area (Å²) in [6.45, 7) is 1.02. The van der Waals surface area contributed by atoms with Crippen LogP contribution in [0.5, 0.6) is 5.75 Å². The molecule has 0 saturated carbocycles. The summed E-state index contributed by atoms with van der Waals surface area (Å²) in [5.74, 6) is 0.535. The van der Waals surface area contributed by atoms with Crippen molar-refractivity contribution in [3.8, 4) is 17.0 Å². The number of imidazole rings is 1. The number of carbonyl (C=O) groups excluding carboxylic acids is 1. The molecule has 5 nitrogen and oxygen atoms in total. The van der Waals surface area contributed by atoms with Crippen LogP contribution in [0.25, 0.3) is 16.2 Å². The average molecular weight is 536 g/mol. The van der Waals surface area contributed by atoms with Gasteiger partial charge in [0, 0.05) is 52.4 Å². The van der Waals surface area contributed by atoms with Crippen molar-refractivity contribution in [3.63, 3.8) is 0 Å². The molecule has 36 heavy (non-hydrogen) atoms. The Hall–Kier alpha value is -3.32. The van der Waals surface area contributed by atoms with Crippen LogP contribution < -0.4 is 4.74 Å². The van der Waals surface area contributed by atoms with Crippen LogP contribution in [0.15, 0.2) is 90.4 Å². The maximum absolute atomic E-state index is 13.2. The van der Waals surface area contributed by atoms with Gasteiger partial charge in [-0.05, 0) is 42.0 Å². The number of aromatic nitrogens is 2. The summed E-state index contributed by atoms with van der Waals surface area (Å²) >= 11 is 13.6. The minimum atomic E-state index is -0.0761. The largest absolute Gasteiger partial charge is 0.484 e. The van der Waals surface area contributed by atoms with Gasteiger partial charge in [0.1, 0.15) is 5.75 Å². The third-order valence-corrected chi connectivity index (χ3v) is 7.20. The maximum atomic E-state index is 13.2. The zero-order chi connectivity index (χ0) is 24.9. The first-order valence-corrected chi connectivity index (χ1v) is 13.1. The molecule has 0 unspecified atom stereocenters. The van der Waals surface area contributed by atoms with Crippen molar-refractivity contribution >= 4 is 45.4 Å². The summed E-state index contributed by atoms with van der Waals surface area (Å²) < 4.78 is 7.84. The van der Waals surface area contributed by atoms with Gasteiger partial charge in [-0.15, -0.1) is 11.3 Å². The molecule has 0 spiro atoms. The van der Waals surface area contributed by atoms with Crippen LogP contribution in [-0.4, -0.2) is 33.3 Å². The van der Waals surface area contributed by atoms with Gasteiger partial charge in [-0.3, -0.25) is 9.20 Å². The molecule has 2 heterocycles. The lowest BCUT2D eigenvalue weighted by Gasteiger charge is -2.23. The van der Waals surface area contributed by atoms with Gasteiger partial charge in [-0.25, -0.2) is 4.98 Å². The maximum Gasteiger partial charge on any atom is 0.260 e. The number of hydrogen-bond donors (Lipinski definition) is 0. The second kappa shape index (κ2) is 11.2. The summed E-state index contributed by atoms with van der Waals surface area (Å²) in [5, 5.41) is 3.42. The predicted molar refractivity (Wildman–Crippen MR) is 146 cm³/mol. The van der Waals surface area contributed by atoms with E-state index in [0.717, 1.165) is 27.5 Å². The average Bonchev–Trinajstić information content (AvgIpc) is 3.48. The molecule has 8 heteroatoms. The van der Waals surface area contributed by atoms with Crippen molar-refractivity contribution in [3.05, 3.63) is 112 Å². The molecule has 2 aromatic heterocycles. The number of rotatable bonds is 9. The van der Waals surface area contributed by atoms with Gasteiger partial charge in [0.25, 0.3) is 5.91 Å². The van der Waals surface area contributed by atoms with Crippen molar-refractivity contribution in [1.29, 1.82) is 0 Å². The number of nitrogens with zero attached hydrogens (tertiary/aromatic N) is 3. The van der Waals surface area contributed by atoms with E-state index in [0.29, 0.717) is 35.3 Å². The SMILES string of the molecule is O=C(COc1ccc(Cl)cc1)N(CCc1csc2nc(-c3ccc(Cl)cc3)cn12)Cc1ccccc1. The number of amides is 1. The molecule has 3 aromatic carbocycles. The molecule has 0 radical (unpaired) electrons. The van der Waals surface area contributed by atoms with Gasteiger partial charge in [-0.1, -0.05) is 65.7 Å². The van der Waals surface area contributed by atoms with Crippen LogP contribution in [0.1, 0.15) is 11.3 Å². The fourth-order valence-corrected chi connectivity index (χ4v) is 5.04. The highest BCUT2D eigenvalue weighted by Gasteiger charge is 2.17. The smallest absolute Gasteiger partial charge is 0.260 e. The van der Waals surface area contributed by atoms with Gasteiger partial charge in [0.2, 0.25) is 0 Å². The predicted octanol–water partition coefficient (Wildman–Crippen LogP) is 7.02. The molecule has 0 N–H and O–H groups in total. The Morgan fingerprint density at radius 2 is 1.64 bits per heavy atom. The zero-order valence-electron chi connectivity index (χ0n) is 19.3. The van der Waals surface area contributed by atoms with E-state index < -0.39 is 0 Å². The molecule has 0 bridgehead atoms. The van der Waals surface area contributed by atoms with Crippen molar-refractivity contribution in [2.45, 2.75) is 13.0 Å². The summed E-state index contributed by atoms with van der Waals surface area (Å²) in [6.07, 6.45) is 2.73. The van der Waals surface area contributed by atoms with E-state index in [2.05, 4.69) is 9.78 Å². The van der Waals surface area contributed by atoms with E-state index in [4.69, 9.17) is 32.9 Å². The Bertz CT molecular complexity index is 1450. The summed E-state index contributed by atoms with van der Waals surface area (Å²) in [7, 11) is 0. The number of ether oxygens (including phenoxy) is 1. The second-order valence-corrected chi connectivity index (χ2v) is 10.0. The quantitative estimate of drug-likeness (QED) is 0.203.